The van der Waals surface area contributed by atoms with Crippen molar-refractivity contribution in [2.24, 2.45) is 0 Å². The number of halogens is 3. The van der Waals surface area contributed by atoms with Crippen molar-refractivity contribution in [1.29, 1.82) is 0 Å². The monoisotopic (exact) mass is 314 g/mol. The van der Waals surface area contributed by atoms with Crippen molar-refractivity contribution in [3.05, 3.63) is 56.8 Å². The first kappa shape index (κ1) is 14.1. The fraction of sp³-hybridized carbons (Fsp3) is 0.0769. The molecule has 0 spiro atoms. The number of pyridine rings is 1. The van der Waals surface area contributed by atoms with Gasteiger partial charge >= 0.3 is 0 Å². The number of aryl methyl sites for hydroxylation is 1. The van der Waals surface area contributed by atoms with Gasteiger partial charge < -0.3 is 5.32 Å². The number of rotatable bonds is 2. The molecular formula is C13H9Cl3N2O. The van der Waals surface area contributed by atoms with Crippen molar-refractivity contribution in [3.63, 3.8) is 0 Å². The molecule has 0 fully saturated rings. The van der Waals surface area contributed by atoms with Gasteiger partial charge in [0.2, 0.25) is 0 Å². The molecule has 2 aromatic rings. The van der Waals surface area contributed by atoms with Crippen LogP contribution in [0.1, 0.15) is 15.9 Å². The molecule has 19 heavy (non-hydrogen) atoms. The van der Waals surface area contributed by atoms with E-state index in [0.29, 0.717) is 21.3 Å². The summed E-state index contributed by atoms with van der Waals surface area (Å²) in [6, 6.07) is 4.82. The minimum atomic E-state index is -0.366. The fourth-order valence-electron chi connectivity index (χ4n) is 1.49. The highest BCUT2D eigenvalue weighted by Gasteiger charge is 2.13. The van der Waals surface area contributed by atoms with Crippen LogP contribution in [0.15, 0.2) is 30.6 Å². The summed E-state index contributed by atoms with van der Waals surface area (Å²) >= 11 is 18.0. The quantitative estimate of drug-likeness (QED) is 0.880. The zero-order valence-corrected chi connectivity index (χ0v) is 12.1. The number of carbonyl (C=O) groups is 1. The summed E-state index contributed by atoms with van der Waals surface area (Å²) in [5.74, 6) is -0.366. The van der Waals surface area contributed by atoms with Crippen molar-refractivity contribution in [2.75, 3.05) is 5.32 Å². The number of nitrogens with zero attached hydrogens (tertiary/aromatic N) is 1. The average molecular weight is 316 g/mol. The summed E-state index contributed by atoms with van der Waals surface area (Å²) in [7, 11) is 0. The van der Waals surface area contributed by atoms with E-state index in [-0.39, 0.29) is 10.9 Å². The highest BCUT2D eigenvalue weighted by atomic mass is 35.5. The number of aromatic nitrogens is 1. The number of hydrogen-bond acceptors (Lipinski definition) is 2. The molecule has 0 atom stereocenters. The van der Waals surface area contributed by atoms with E-state index in [1.165, 1.54) is 18.5 Å². The predicted octanol–water partition coefficient (Wildman–Crippen LogP) is 4.60. The molecule has 3 nitrogen and oxygen atoms in total. The smallest absolute Gasteiger partial charge is 0.257 e. The first-order valence-corrected chi connectivity index (χ1v) is 6.49. The molecule has 0 radical (unpaired) electrons. The molecule has 1 aromatic carbocycles. The van der Waals surface area contributed by atoms with E-state index in [2.05, 4.69) is 10.3 Å². The first-order chi connectivity index (χ1) is 8.99. The van der Waals surface area contributed by atoms with Gasteiger partial charge in [0.25, 0.3) is 5.91 Å². The van der Waals surface area contributed by atoms with Crippen LogP contribution in [0, 0.1) is 6.92 Å². The molecule has 1 amide bonds. The molecule has 0 saturated heterocycles. The second-order valence-corrected chi connectivity index (χ2v) is 5.11. The molecule has 6 heteroatoms. The Bertz CT molecular complexity index is 644. The molecule has 1 heterocycles. The van der Waals surface area contributed by atoms with E-state index in [9.17, 15) is 4.79 Å². The third-order valence-electron chi connectivity index (χ3n) is 2.51. The number of nitrogens with one attached hydrogen (secondary N) is 1. The predicted molar refractivity (Wildman–Crippen MR) is 78.4 cm³/mol. The van der Waals surface area contributed by atoms with Crippen molar-refractivity contribution in [1.82, 2.24) is 4.98 Å². The SMILES string of the molecule is Cc1cc(Cl)c(NC(=O)c2ccncc2Cl)cc1Cl. The summed E-state index contributed by atoms with van der Waals surface area (Å²) in [6.45, 7) is 1.83. The Balaban J connectivity index is 2.30. The Labute approximate surface area is 125 Å². The van der Waals surface area contributed by atoms with E-state index >= 15 is 0 Å². The maximum Gasteiger partial charge on any atom is 0.257 e. The molecular weight excluding hydrogens is 307 g/mol. The molecule has 1 aromatic heterocycles. The van der Waals surface area contributed by atoms with E-state index in [1.54, 1.807) is 12.1 Å². The van der Waals surface area contributed by atoms with Gasteiger partial charge in [-0.3, -0.25) is 9.78 Å². The highest BCUT2D eigenvalue weighted by molar-refractivity contribution is 6.37. The van der Waals surface area contributed by atoms with E-state index in [0.717, 1.165) is 5.56 Å². The Morgan fingerprint density at radius 2 is 1.89 bits per heavy atom. The van der Waals surface area contributed by atoms with Crippen molar-refractivity contribution >= 4 is 46.4 Å². The van der Waals surface area contributed by atoms with Gasteiger partial charge in [0.15, 0.2) is 0 Å². The van der Waals surface area contributed by atoms with Crippen molar-refractivity contribution in [2.45, 2.75) is 6.92 Å². The van der Waals surface area contributed by atoms with Gasteiger partial charge in [-0.05, 0) is 30.7 Å². The molecule has 98 valence electrons. The zero-order valence-electron chi connectivity index (χ0n) is 9.88. The molecule has 2 rings (SSSR count). The Hall–Kier alpha value is -1.29. The lowest BCUT2D eigenvalue weighted by Crippen LogP contribution is -2.13. The van der Waals surface area contributed by atoms with E-state index in [4.69, 9.17) is 34.8 Å². The topological polar surface area (TPSA) is 42.0 Å². The molecule has 1 N–H and O–H groups in total. The van der Waals surface area contributed by atoms with Crippen molar-refractivity contribution in [3.8, 4) is 0 Å². The van der Waals surface area contributed by atoms with E-state index in [1.807, 2.05) is 6.92 Å². The van der Waals surface area contributed by atoms with Crippen LogP contribution >= 0.6 is 34.8 Å². The second-order valence-electron chi connectivity index (χ2n) is 3.89. The Kier molecular flexibility index (Phi) is 4.30. The molecule has 0 aliphatic rings. The number of anilines is 1. The van der Waals surface area contributed by atoms with E-state index < -0.39 is 0 Å². The van der Waals surface area contributed by atoms with Crippen LogP contribution in [0.3, 0.4) is 0 Å². The zero-order chi connectivity index (χ0) is 14.0. The lowest BCUT2D eigenvalue weighted by atomic mass is 10.2. The largest absolute Gasteiger partial charge is 0.321 e. The minimum absolute atomic E-state index is 0.273. The maximum absolute atomic E-state index is 12.1. The van der Waals surface area contributed by atoms with Gasteiger partial charge in [-0.25, -0.2) is 0 Å². The van der Waals surface area contributed by atoms with Crippen LogP contribution in [-0.2, 0) is 0 Å². The highest BCUT2D eigenvalue weighted by Crippen LogP contribution is 2.29. The van der Waals surface area contributed by atoms with Crippen LogP contribution < -0.4 is 5.32 Å². The Morgan fingerprint density at radius 3 is 2.58 bits per heavy atom. The van der Waals surface area contributed by atoms with Gasteiger partial charge in [0, 0.05) is 17.4 Å². The molecule has 0 unspecified atom stereocenters. The average Bonchev–Trinajstić information content (AvgIpc) is 2.36. The van der Waals surface area contributed by atoms with Gasteiger partial charge in [-0.1, -0.05) is 34.8 Å². The Morgan fingerprint density at radius 1 is 1.16 bits per heavy atom. The molecule has 0 saturated carbocycles. The summed E-state index contributed by atoms with van der Waals surface area (Å²) in [4.78, 5) is 15.9. The van der Waals surface area contributed by atoms with Crippen LogP contribution in [0.4, 0.5) is 5.69 Å². The number of hydrogen-bond donors (Lipinski definition) is 1. The summed E-state index contributed by atoms with van der Waals surface area (Å²) in [5, 5.41) is 3.89. The third-order valence-corrected chi connectivity index (χ3v) is 3.53. The second kappa shape index (κ2) is 5.78. The minimum Gasteiger partial charge on any atom is -0.321 e. The van der Waals surface area contributed by atoms with Gasteiger partial charge in [0.1, 0.15) is 0 Å². The number of benzene rings is 1. The van der Waals surface area contributed by atoms with Crippen LogP contribution in [-0.4, -0.2) is 10.9 Å². The van der Waals surface area contributed by atoms with Gasteiger partial charge in [-0.2, -0.15) is 0 Å². The molecule has 0 aliphatic carbocycles. The van der Waals surface area contributed by atoms with Crippen LogP contribution in [0.2, 0.25) is 15.1 Å². The molecule has 0 bridgehead atoms. The first-order valence-electron chi connectivity index (χ1n) is 5.35. The fourth-order valence-corrected chi connectivity index (χ4v) is 2.13. The standard InChI is InChI=1S/C13H9Cl3N2O/c1-7-4-10(15)12(5-9(7)14)18-13(19)8-2-3-17-6-11(8)16/h2-6H,1H3,(H,18,19). The van der Waals surface area contributed by atoms with Gasteiger partial charge in [0.05, 0.1) is 21.3 Å². The lowest BCUT2D eigenvalue weighted by Gasteiger charge is -2.10. The summed E-state index contributed by atoms with van der Waals surface area (Å²) in [5.41, 5.74) is 1.60. The number of carbonyl (C=O) groups excluding carboxylic acids is 1. The lowest BCUT2D eigenvalue weighted by molar-refractivity contribution is 0.102. The van der Waals surface area contributed by atoms with Crippen LogP contribution in [0.25, 0.3) is 0 Å². The normalized spacial score (nSPS) is 10.3. The summed E-state index contributed by atoms with van der Waals surface area (Å²) in [6.07, 6.45) is 2.89. The van der Waals surface area contributed by atoms with Crippen LogP contribution in [0.5, 0.6) is 0 Å². The maximum atomic E-state index is 12.1. The third kappa shape index (κ3) is 3.18. The number of amides is 1. The van der Waals surface area contributed by atoms with Crippen molar-refractivity contribution < 1.29 is 4.79 Å². The summed E-state index contributed by atoms with van der Waals surface area (Å²) < 4.78 is 0. The van der Waals surface area contributed by atoms with Gasteiger partial charge in [-0.15, -0.1) is 0 Å². The molecule has 0 aliphatic heterocycles.